The molecule has 0 spiro atoms. The van der Waals surface area contributed by atoms with Crippen LogP contribution in [-0.4, -0.2) is 15.5 Å². The molecule has 2 aromatic carbocycles. The van der Waals surface area contributed by atoms with Gasteiger partial charge in [-0.25, -0.2) is 13.1 Å². The lowest BCUT2D eigenvalue weighted by Crippen LogP contribution is -2.19. The zero-order chi connectivity index (χ0) is 15.6. The maximum absolute atomic E-state index is 11.7. The average Bonchev–Trinajstić information content (AvgIpc) is 2.43. The number of rotatable bonds is 4. The summed E-state index contributed by atoms with van der Waals surface area (Å²) in [7, 11) is -2.28. The summed E-state index contributed by atoms with van der Waals surface area (Å²) in [5.41, 5.74) is 5.85. The molecule has 0 unspecified atom stereocenters. The molecule has 0 aliphatic carbocycles. The zero-order valence-electron chi connectivity index (χ0n) is 10.9. The summed E-state index contributed by atoms with van der Waals surface area (Å²) in [6.07, 6.45) is 0. The molecule has 0 heterocycles. The second-order valence-corrected chi connectivity index (χ2v) is 7.26. The van der Waals surface area contributed by atoms with Gasteiger partial charge in [-0.3, -0.25) is 0 Å². The van der Waals surface area contributed by atoms with Gasteiger partial charge in [0.25, 0.3) is 0 Å². The fourth-order valence-electron chi connectivity index (χ4n) is 1.63. The van der Waals surface area contributed by atoms with Crippen molar-refractivity contribution in [3.8, 4) is 11.5 Å². The zero-order valence-corrected chi connectivity index (χ0v) is 14.1. The molecular formula is C13H12BrClN2O3S. The molecule has 0 saturated carbocycles. The lowest BCUT2D eigenvalue weighted by molar-refractivity contribution is 0.482. The van der Waals surface area contributed by atoms with Crippen LogP contribution in [0.5, 0.6) is 11.5 Å². The number of sulfonamides is 1. The van der Waals surface area contributed by atoms with Gasteiger partial charge in [0, 0.05) is 10.5 Å². The van der Waals surface area contributed by atoms with Crippen molar-refractivity contribution < 1.29 is 13.2 Å². The van der Waals surface area contributed by atoms with Crippen molar-refractivity contribution in [2.75, 3.05) is 12.8 Å². The minimum absolute atomic E-state index is 0.00214. The SMILES string of the molecule is CNS(=O)(=O)c1ccc(Oc2cc(Br)ccc2Cl)cc1N. The Labute approximate surface area is 136 Å². The Bertz CT molecular complexity index is 781. The third kappa shape index (κ3) is 3.68. The number of nitrogens with one attached hydrogen (secondary N) is 1. The van der Waals surface area contributed by atoms with E-state index in [0.717, 1.165) is 4.47 Å². The Morgan fingerprint density at radius 3 is 2.57 bits per heavy atom. The molecule has 2 aromatic rings. The van der Waals surface area contributed by atoms with E-state index in [4.69, 9.17) is 22.1 Å². The first kappa shape index (κ1) is 16.1. The third-order valence-electron chi connectivity index (χ3n) is 2.66. The fraction of sp³-hybridized carbons (Fsp3) is 0.0769. The van der Waals surface area contributed by atoms with Crippen LogP contribution in [0.2, 0.25) is 5.02 Å². The van der Waals surface area contributed by atoms with Gasteiger partial charge in [-0.15, -0.1) is 0 Å². The van der Waals surface area contributed by atoms with Gasteiger partial charge in [-0.1, -0.05) is 27.5 Å². The van der Waals surface area contributed by atoms with E-state index in [-0.39, 0.29) is 10.6 Å². The average molecular weight is 392 g/mol. The second-order valence-electron chi connectivity index (χ2n) is 4.08. The molecule has 8 heteroatoms. The molecule has 0 atom stereocenters. The predicted octanol–water partition coefficient (Wildman–Crippen LogP) is 3.39. The smallest absolute Gasteiger partial charge is 0.242 e. The number of ether oxygens (including phenoxy) is 1. The van der Waals surface area contributed by atoms with Gasteiger partial charge in [0.2, 0.25) is 10.0 Å². The van der Waals surface area contributed by atoms with Gasteiger partial charge in [-0.2, -0.15) is 0 Å². The van der Waals surface area contributed by atoms with Crippen molar-refractivity contribution in [1.82, 2.24) is 4.72 Å². The lowest BCUT2D eigenvalue weighted by atomic mass is 10.3. The Kier molecular flexibility index (Phi) is 4.77. The summed E-state index contributed by atoms with van der Waals surface area (Å²) in [5, 5.41) is 0.434. The van der Waals surface area contributed by atoms with Gasteiger partial charge in [-0.05, 0) is 37.4 Å². The highest BCUT2D eigenvalue weighted by Crippen LogP contribution is 2.33. The first-order valence-corrected chi connectivity index (χ1v) is 8.45. The maximum atomic E-state index is 11.7. The molecular weight excluding hydrogens is 380 g/mol. The number of hydrogen-bond donors (Lipinski definition) is 2. The normalized spacial score (nSPS) is 11.4. The van der Waals surface area contributed by atoms with Crippen LogP contribution in [0.1, 0.15) is 0 Å². The molecule has 112 valence electrons. The Balaban J connectivity index is 2.35. The van der Waals surface area contributed by atoms with E-state index in [1.807, 2.05) is 0 Å². The van der Waals surface area contributed by atoms with E-state index in [1.54, 1.807) is 18.2 Å². The van der Waals surface area contributed by atoms with Gasteiger partial charge in [0.15, 0.2) is 0 Å². The number of nitrogen functional groups attached to an aromatic ring is 1. The standard InChI is InChI=1S/C13H12BrClN2O3S/c1-17-21(18,19)13-5-3-9(7-11(13)16)20-12-6-8(14)2-4-10(12)15/h2-7,17H,16H2,1H3. The molecule has 0 fully saturated rings. The Hall–Kier alpha value is -1.28. The van der Waals surface area contributed by atoms with Crippen molar-refractivity contribution in [3.63, 3.8) is 0 Å². The maximum Gasteiger partial charge on any atom is 0.242 e. The number of halogens is 2. The van der Waals surface area contributed by atoms with E-state index in [1.165, 1.54) is 25.2 Å². The van der Waals surface area contributed by atoms with Crippen LogP contribution < -0.4 is 15.2 Å². The molecule has 3 N–H and O–H groups in total. The summed E-state index contributed by atoms with van der Waals surface area (Å²) in [5.74, 6) is 0.831. The molecule has 0 bridgehead atoms. The topological polar surface area (TPSA) is 81.4 Å². The highest BCUT2D eigenvalue weighted by atomic mass is 79.9. The van der Waals surface area contributed by atoms with Gasteiger partial charge in [0.05, 0.1) is 10.7 Å². The molecule has 0 radical (unpaired) electrons. The van der Waals surface area contributed by atoms with Crippen molar-refractivity contribution in [2.45, 2.75) is 4.90 Å². The summed E-state index contributed by atoms with van der Waals surface area (Å²) in [6, 6.07) is 9.49. The van der Waals surface area contributed by atoms with Crippen molar-refractivity contribution >= 4 is 43.2 Å². The van der Waals surface area contributed by atoms with E-state index in [2.05, 4.69) is 20.7 Å². The first-order valence-electron chi connectivity index (χ1n) is 5.79. The van der Waals surface area contributed by atoms with Crippen LogP contribution in [0.4, 0.5) is 5.69 Å². The number of benzene rings is 2. The fourth-order valence-corrected chi connectivity index (χ4v) is 2.96. The van der Waals surface area contributed by atoms with Crippen molar-refractivity contribution in [2.24, 2.45) is 0 Å². The summed E-state index contributed by atoms with van der Waals surface area (Å²) in [6.45, 7) is 0. The summed E-state index contributed by atoms with van der Waals surface area (Å²) in [4.78, 5) is -0.00214. The second kappa shape index (κ2) is 6.23. The highest BCUT2D eigenvalue weighted by Gasteiger charge is 2.16. The molecule has 0 amide bonds. The molecule has 0 aliphatic rings. The summed E-state index contributed by atoms with van der Waals surface area (Å²) < 4.78 is 32.1. The minimum Gasteiger partial charge on any atom is -0.456 e. The van der Waals surface area contributed by atoms with Crippen molar-refractivity contribution in [1.29, 1.82) is 0 Å². The van der Waals surface area contributed by atoms with Crippen LogP contribution >= 0.6 is 27.5 Å². The molecule has 0 aliphatic heterocycles. The Morgan fingerprint density at radius 2 is 1.95 bits per heavy atom. The van der Waals surface area contributed by atoms with E-state index < -0.39 is 10.0 Å². The third-order valence-corrected chi connectivity index (χ3v) is 4.95. The van der Waals surface area contributed by atoms with Crippen LogP contribution in [0, 0.1) is 0 Å². The number of anilines is 1. The predicted molar refractivity (Wildman–Crippen MR) is 86.3 cm³/mol. The van der Waals surface area contributed by atoms with Crippen molar-refractivity contribution in [3.05, 3.63) is 45.9 Å². The molecule has 2 rings (SSSR count). The molecule has 5 nitrogen and oxygen atoms in total. The quantitative estimate of drug-likeness (QED) is 0.783. The van der Waals surface area contributed by atoms with E-state index in [0.29, 0.717) is 16.5 Å². The van der Waals surface area contributed by atoms with Gasteiger partial charge in [0.1, 0.15) is 16.4 Å². The largest absolute Gasteiger partial charge is 0.456 e. The molecule has 0 saturated heterocycles. The molecule has 0 aromatic heterocycles. The first-order chi connectivity index (χ1) is 9.83. The van der Waals surface area contributed by atoms with Gasteiger partial charge >= 0.3 is 0 Å². The minimum atomic E-state index is -3.60. The summed E-state index contributed by atoms with van der Waals surface area (Å²) >= 11 is 9.35. The highest BCUT2D eigenvalue weighted by molar-refractivity contribution is 9.10. The number of hydrogen-bond acceptors (Lipinski definition) is 4. The van der Waals surface area contributed by atoms with E-state index >= 15 is 0 Å². The molecule has 21 heavy (non-hydrogen) atoms. The van der Waals surface area contributed by atoms with Crippen LogP contribution in [0.25, 0.3) is 0 Å². The van der Waals surface area contributed by atoms with E-state index in [9.17, 15) is 8.42 Å². The van der Waals surface area contributed by atoms with Crippen LogP contribution in [0.3, 0.4) is 0 Å². The Morgan fingerprint density at radius 1 is 1.24 bits per heavy atom. The lowest BCUT2D eigenvalue weighted by Gasteiger charge is -2.11. The van der Waals surface area contributed by atoms with Crippen LogP contribution in [-0.2, 0) is 10.0 Å². The number of nitrogens with two attached hydrogens (primary N) is 1. The van der Waals surface area contributed by atoms with Gasteiger partial charge < -0.3 is 10.5 Å². The van der Waals surface area contributed by atoms with Crippen LogP contribution in [0.15, 0.2) is 45.8 Å². The monoisotopic (exact) mass is 390 g/mol.